The van der Waals surface area contributed by atoms with Gasteiger partial charge in [0, 0.05) is 0 Å². The molecular weight excluding hydrogens is 168 g/mol. The van der Waals surface area contributed by atoms with Crippen molar-refractivity contribution < 1.29 is 0 Å². The second-order valence-corrected chi connectivity index (χ2v) is 4.25. The smallest absolute Gasteiger partial charge is 0.0250 e. The van der Waals surface area contributed by atoms with E-state index in [1.54, 1.807) is 0 Å². The van der Waals surface area contributed by atoms with Crippen molar-refractivity contribution in [2.75, 3.05) is 0 Å². The van der Waals surface area contributed by atoms with Crippen LogP contribution in [0.5, 0.6) is 0 Å². The summed E-state index contributed by atoms with van der Waals surface area (Å²) < 4.78 is 0. The van der Waals surface area contributed by atoms with Gasteiger partial charge in [-0.2, -0.15) is 0 Å². The summed E-state index contributed by atoms with van der Waals surface area (Å²) in [6.45, 7) is 6.72. The van der Waals surface area contributed by atoms with Crippen LogP contribution in [0.3, 0.4) is 0 Å². The SMILES string of the molecule is CCCC(CC)Cc1ccc(C)cc1. The van der Waals surface area contributed by atoms with Crippen LogP contribution < -0.4 is 0 Å². The summed E-state index contributed by atoms with van der Waals surface area (Å²) >= 11 is 0. The number of hydrogen-bond donors (Lipinski definition) is 0. The molecule has 0 aliphatic rings. The first-order chi connectivity index (χ1) is 6.76. The molecule has 0 N–H and O–H groups in total. The average Bonchev–Trinajstić information content (AvgIpc) is 2.20. The largest absolute Gasteiger partial charge is 0.0654 e. The second kappa shape index (κ2) is 5.85. The molecule has 1 unspecified atom stereocenters. The van der Waals surface area contributed by atoms with Crippen LogP contribution in [0.2, 0.25) is 0 Å². The van der Waals surface area contributed by atoms with Crippen molar-refractivity contribution in [2.24, 2.45) is 5.92 Å². The van der Waals surface area contributed by atoms with Gasteiger partial charge in [0.2, 0.25) is 0 Å². The Kier molecular flexibility index (Phi) is 4.72. The molecule has 0 bridgehead atoms. The third-order valence-corrected chi connectivity index (χ3v) is 2.92. The van der Waals surface area contributed by atoms with E-state index in [9.17, 15) is 0 Å². The van der Waals surface area contributed by atoms with Crippen molar-refractivity contribution in [1.29, 1.82) is 0 Å². The third-order valence-electron chi connectivity index (χ3n) is 2.92. The zero-order valence-corrected chi connectivity index (χ0v) is 9.72. The second-order valence-electron chi connectivity index (χ2n) is 4.25. The Morgan fingerprint density at radius 1 is 1.07 bits per heavy atom. The van der Waals surface area contributed by atoms with Gasteiger partial charge >= 0.3 is 0 Å². The molecule has 0 heterocycles. The highest BCUT2D eigenvalue weighted by Crippen LogP contribution is 2.17. The lowest BCUT2D eigenvalue weighted by Gasteiger charge is -2.13. The molecule has 0 aliphatic heterocycles. The monoisotopic (exact) mass is 190 g/mol. The predicted octanol–water partition coefficient (Wildman–Crippen LogP) is 4.36. The number of benzene rings is 1. The Hall–Kier alpha value is -0.780. The van der Waals surface area contributed by atoms with Gasteiger partial charge in [0.25, 0.3) is 0 Å². The van der Waals surface area contributed by atoms with E-state index in [0.717, 1.165) is 5.92 Å². The molecule has 0 aliphatic carbocycles. The summed E-state index contributed by atoms with van der Waals surface area (Å²) in [6, 6.07) is 8.98. The molecule has 1 atom stereocenters. The quantitative estimate of drug-likeness (QED) is 0.647. The lowest BCUT2D eigenvalue weighted by atomic mass is 9.92. The first-order valence-corrected chi connectivity index (χ1v) is 5.81. The van der Waals surface area contributed by atoms with Gasteiger partial charge in [-0.05, 0) is 24.8 Å². The van der Waals surface area contributed by atoms with Crippen LogP contribution in [0, 0.1) is 12.8 Å². The minimum absolute atomic E-state index is 0.878. The molecule has 0 spiro atoms. The van der Waals surface area contributed by atoms with Crippen molar-refractivity contribution in [2.45, 2.75) is 46.5 Å². The highest BCUT2D eigenvalue weighted by Gasteiger charge is 2.05. The number of rotatable bonds is 5. The molecule has 0 radical (unpaired) electrons. The van der Waals surface area contributed by atoms with Crippen LogP contribution >= 0.6 is 0 Å². The molecule has 0 saturated heterocycles. The fourth-order valence-corrected chi connectivity index (χ4v) is 1.92. The molecule has 0 saturated carbocycles. The Labute approximate surface area is 88.4 Å². The molecule has 0 heteroatoms. The van der Waals surface area contributed by atoms with Gasteiger partial charge in [-0.25, -0.2) is 0 Å². The summed E-state index contributed by atoms with van der Waals surface area (Å²) in [7, 11) is 0. The first-order valence-electron chi connectivity index (χ1n) is 5.81. The van der Waals surface area contributed by atoms with Crippen LogP contribution in [-0.4, -0.2) is 0 Å². The Morgan fingerprint density at radius 2 is 1.71 bits per heavy atom. The van der Waals surface area contributed by atoms with E-state index in [4.69, 9.17) is 0 Å². The standard InChI is InChI=1S/C14H22/c1-4-6-13(5-2)11-14-9-7-12(3)8-10-14/h7-10,13H,4-6,11H2,1-3H3. The molecule has 14 heavy (non-hydrogen) atoms. The summed E-state index contributed by atoms with van der Waals surface area (Å²) in [5, 5.41) is 0. The molecule has 1 aromatic rings. The van der Waals surface area contributed by atoms with E-state index < -0.39 is 0 Å². The van der Waals surface area contributed by atoms with Crippen molar-refractivity contribution in [3.63, 3.8) is 0 Å². The van der Waals surface area contributed by atoms with E-state index in [0.29, 0.717) is 0 Å². The number of aryl methyl sites for hydroxylation is 1. The van der Waals surface area contributed by atoms with E-state index in [1.807, 2.05) is 0 Å². The minimum atomic E-state index is 0.878. The molecule has 0 nitrogen and oxygen atoms in total. The maximum Gasteiger partial charge on any atom is -0.0250 e. The third kappa shape index (κ3) is 3.53. The van der Waals surface area contributed by atoms with E-state index in [2.05, 4.69) is 45.0 Å². The van der Waals surface area contributed by atoms with Crippen molar-refractivity contribution in [3.05, 3.63) is 35.4 Å². The highest BCUT2D eigenvalue weighted by atomic mass is 14.1. The van der Waals surface area contributed by atoms with Crippen LogP contribution in [0.1, 0.15) is 44.2 Å². The Morgan fingerprint density at radius 3 is 2.21 bits per heavy atom. The van der Waals surface area contributed by atoms with Gasteiger partial charge in [0.15, 0.2) is 0 Å². The lowest BCUT2D eigenvalue weighted by molar-refractivity contribution is 0.462. The summed E-state index contributed by atoms with van der Waals surface area (Å²) in [6.07, 6.45) is 5.24. The van der Waals surface area contributed by atoms with Gasteiger partial charge < -0.3 is 0 Å². The van der Waals surface area contributed by atoms with Crippen LogP contribution in [-0.2, 0) is 6.42 Å². The zero-order valence-electron chi connectivity index (χ0n) is 9.72. The normalized spacial score (nSPS) is 12.8. The molecule has 1 aromatic carbocycles. The van der Waals surface area contributed by atoms with E-state index >= 15 is 0 Å². The Balaban J connectivity index is 2.53. The van der Waals surface area contributed by atoms with Crippen molar-refractivity contribution in [3.8, 4) is 0 Å². The fraction of sp³-hybridized carbons (Fsp3) is 0.571. The Bertz CT molecular complexity index is 245. The predicted molar refractivity (Wildman–Crippen MR) is 63.6 cm³/mol. The van der Waals surface area contributed by atoms with Crippen LogP contribution in [0.15, 0.2) is 24.3 Å². The van der Waals surface area contributed by atoms with Gasteiger partial charge in [-0.3, -0.25) is 0 Å². The fourth-order valence-electron chi connectivity index (χ4n) is 1.92. The summed E-state index contributed by atoms with van der Waals surface area (Å²) in [4.78, 5) is 0. The number of hydrogen-bond acceptors (Lipinski definition) is 0. The van der Waals surface area contributed by atoms with Crippen LogP contribution in [0.4, 0.5) is 0 Å². The molecule has 0 amide bonds. The maximum absolute atomic E-state index is 2.30. The molecule has 0 fully saturated rings. The molecule has 78 valence electrons. The molecular formula is C14H22. The van der Waals surface area contributed by atoms with E-state index in [1.165, 1.54) is 36.8 Å². The first kappa shape index (κ1) is 11.3. The minimum Gasteiger partial charge on any atom is -0.0654 e. The van der Waals surface area contributed by atoms with Crippen molar-refractivity contribution in [1.82, 2.24) is 0 Å². The molecule has 1 rings (SSSR count). The average molecular weight is 190 g/mol. The molecule has 0 aromatic heterocycles. The maximum atomic E-state index is 2.30. The summed E-state index contributed by atoms with van der Waals surface area (Å²) in [5.41, 5.74) is 2.85. The van der Waals surface area contributed by atoms with Gasteiger partial charge in [0.05, 0.1) is 0 Å². The van der Waals surface area contributed by atoms with Crippen molar-refractivity contribution >= 4 is 0 Å². The van der Waals surface area contributed by atoms with Crippen LogP contribution in [0.25, 0.3) is 0 Å². The van der Waals surface area contributed by atoms with Gasteiger partial charge in [-0.1, -0.05) is 62.9 Å². The topological polar surface area (TPSA) is 0 Å². The zero-order chi connectivity index (χ0) is 10.4. The van der Waals surface area contributed by atoms with E-state index in [-0.39, 0.29) is 0 Å². The highest BCUT2D eigenvalue weighted by molar-refractivity contribution is 5.21. The summed E-state index contributed by atoms with van der Waals surface area (Å²) in [5.74, 6) is 0.878. The lowest BCUT2D eigenvalue weighted by Crippen LogP contribution is -2.02. The van der Waals surface area contributed by atoms with Gasteiger partial charge in [0.1, 0.15) is 0 Å². The van der Waals surface area contributed by atoms with Gasteiger partial charge in [-0.15, -0.1) is 0 Å².